The molecule has 1 aromatic carbocycles. The lowest BCUT2D eigenvalue weighted by atomic mass is 9.83. The van der Waals surface area contributed by atoms with E-state index in [9.17, 15) is 14.0 Å². The molecule has 6 heteroatoms. The van der Waals surface area contributed by atoms with Crippen molar-refractivity contribution in [2.24, 2.45) is 0 Å². The van der Waals surface area contributed by atoms with E-state index in [0.717, 1.165) is 0 Å². The molecule has 2 fully saturated rings. The third-order valence-corrected chi connectivity index (χ3v) is 4.02. The molecular formula is C14H16FN3O2. The molecule has 2 N–H and O–H groups in total. The summed E-state index contributed by atoms with van der Waals surface area (Å²) in [5.41, 5.74) is -0.488. The van der Waals surface area contributed by atoms with Crippen LogP contribution >= 0.6 is 0 Å². The van der Waals surface area contributed by atoms with Crippen molar-refractivity contribution in [1.82, 2.24) is 10.6 Å². The predicted molar refractivity (Wildman–Crippen MR) is 71.8 cm³/mol. The molecule has 0 radical (unpaired) electrons. The van der Waals surface area contributed by atoms with Gasteiger partial charge in [-0.1, -0.05) is 6.07 Å². The van der Waals surface area contributed by atoms with Gasteiger partial charge >= 0.3 is 6.03 Å². The zero-order chi connectivity index (χ0) is 14.3. The average molecular weight is 277 g/mol. The number of rotatable bonds is 1. The van der Waals surface area contributed by atoms with Gasteiger partial charge in [0.05, 0.1) is 0 Å². The molecule has 3 amide bonds. The molecule has 1 aromatic rings. The molecule has 2 saturated heterocycles. The van der Waals surface area contributed by atoms with Crippen molar-refractivity contribution < 1.29 is 14.0 Å². The number of benzene rings is 1. The van der Waals surface area contributed by atoms with E-state index in [1.54, 1.807) is 12.1 Å². The van der Waals surface area contributed by atoms with Crippen LogP contribution in [0.3, 0.4) is 0 Å². The number of hydrogen-bond donors (Lipinski definition) is 2. The summed E-state index contributed by atoms with van der Waals surface area (Å²) in [4.78, 5) is 25.8. The summed E-state index contributed by atoms with van der Waals surface area (Å²) in [6.45, 7) is 2.62. The zero-order valence-electron chi connectivity index (χ0n) is 11.1. The lowest BCUT2D eigenvalue weighted by Gasteiger charge is -2.41. The molecule has 3 rings (SSSR count). The van der Waals surface area contributed by atoms with Crippen molar-refractivity contribution in [3.63, 3.8) is 0 Å². The maximum absolute atomic E-state index is 13.4. The highest BCUT2D eigenvalue weighted by molar-refractivity contribution is 6.17. The summed E-state index contributed by atoms with van der Waals surface area (Å²) in [5, 5.41) is 5.62. The Kier molecular flexibility index (Phi) is 2.97. The van der Waals surface area contributed by atoms with Gasteiger partial charge in [-0.15, -0.1) is 0 Å². The normalized spacial score (nSPS) is 29.9. The van der Waals surface area contributed by atoms with Gasteiger partial charge in [0.2, 0.25) is 0 Å². The minimum absolute atomic E-state index is 0.122. The van der Waals surface area contributed by atoms with Crippen molar-refractivity contribution >= 4 is 17.6 Å². The molecule has 5 nitrogen and oxygen atoms in total. The van der Waals surface area contributed by atoms with Crippen LogP contribution in [0.2, 0.25) is 0 Å². The van der Waals surface area contributed by atoms with Crippen molar-refractivity contribution in [3.05, 3.63) is 30.1 Å². The molecule has 2 atom stereocenters. The number of halogens is 1. The van der Waals surface area contributed by atoms with Gasteiger partial charge in [0.25, 0.3) is 5.91 Å². The SMILES string of the molecule is CC1CC2(CCN1)C(=O)NC(=O)N2c1cccc(F)c1. The number of hydrogen-bond acceptors (Lipinski definition) is 3. The van der Waals surface area contributed by atoms with Gasteiger partial charge in [-0.2, -0.15) is 0 Å². The second kappa shape index (κ2) is 4.56. The third kappa shape index (κ3) is 1.87. The molecule has 20 heavy (non-hydrogen) atoms. The largest absolute Gasteiger partial charge is 0.329 e. The summed E-state index contributed by atoms with van der Waals surface area (Å²) < 4.78 is 13.4. The first-order valence-corrected chi connectivity index (χ1v) is 6.67. The van der Waals surface area contributed by atoms with Crippen LogP contribution in [-0.2, 0) is 4.79 Å². The summed E-state index contributed by atoms with van der Waals surface area (Å²) in [6.07, 6.45) is 1.03. The number of anilines is 1. The molecule has 2 heterocycles. The Hall–Kier alpha value is -1.95. The number of carbonyl (C=O) groups excluding carboxylic acids is 2. The summed E-state index contributed by atoms with van der Waals surface area (Å²) in [6, 6.07) is 5.43. The maximum Gasteiger partial charge on any atom is 0.329 e. The fraction of sp³-hybridized carbons (Fsp3) is 0.429. The Bertz CT molecular complexity index is 577. The van der Waals surface area contributed by atoms with E-state index in [2.05, 4.69) is 10.6 Å². The first kappa shape index (κ1) is 13.1. The van der Waals surface area contributed by atoms with E-state index in [1.807, 2.05) is 6.92 Å². The highest BCUT2D eigenvalue weighted by Gasteiger charge is 2.54. The van der Waals surface area contributed by atoms with Gasteiger partial charge in [-0.3, -0.25) is 15.0 Å². The van der Waals surface area contributed by atoms with Gasteiger partial charge in [0.1, 0.15) is 11.4 Å². The molecule has 2 aliphatic rings. The van der Waals surface area contributed by atoms with Crippen molar-refractivity contribution in [1.29, 1.82) is 0 Å². The first-order valence-electron chi connectivity index (χ1n) is 6.67. The van der Waals surface area contributed by atoms with Crippen LogP contribution in [0.15, 0.2) is 24.3 Å². The number of amides is 3. The van der Waals surface area contributed by atoms with Crippen LogP contribution in [0.4, 0.5) is 14.9 Å². The van der Waals surface area contributed by atoms with Gasteiger partial charge in [0, 0.05) is 11.7 Å². The Morgan fingerprint density at radius 1 is 1.40 bits per heavy atom. The molecule has 0 saturated carbocycles. The number of nitrogens with one attached hydrogen (secondary N) is 2. The highest BCUT2D eigenvalue weighted by atomic mass is 19.1. The molecule has 0 bridgehead atoms. The smallest absolute Gasteiger partial charge is 0.314 e. The lowest BCUT2D eigenvalue weighted by Crippen LogP contribution is -2.58. The lowest BCUT2D eigenvalue weighted by molar-refractivity contribution is -0.124. The highest BCUT2D eigenvalue weighted by Crippen LogP contribution is 2.37. The minimum atomic E-state index is -0.907. The van der Waals surface area contributed by atoms with E-state index in [0.29, 0.717) is 25.1 Å². The van der Waals surface area contributed by atoms with Crippen LogP contribution in [0.1, 0.15) is 19.8 Å². The molecule has 2 aliphatic heterocycles. The quantitative estimate of drug-likeness (QED) is 0.763. The first-order chi connectivity index (χ1) is 9.53. The van der Waals surface area contributed by atoms with Crippen LogP contribution in [0.5, 0.6) is 0 Å². The van der Waals surface area contributed by atoms with E-state index in [-0.39, 0.29) is 11.9 Å². The van der Waals surface area contributed by atoms with Crippen LogP contribution < -0.4 is 15.5 Å². The minimum Gasteiger partial charge on any atom is -0.314 e. The third-order valence-electron chi connectivity index (χ3n) is 4.02. The van der Waals surface area contributed by atoms with E-state index >= 15 is 0 Å². The molecule has 0 aliphatic carbocycles. The standard InChI is InChI=1S/C14H16FN3O2/c1-9-8-14(5-6-16-9)12(19)17-13(20)18(14)11-4-2-3-10(15)7-11/h2-4,7,9,16H,5-6,8H2,1H3,(H,17,19,20). The van der Waals surface area contributed by atoms with Crippen LogP contribution in [-0.4, -0.2) is 30.1 Å². The Labute approximate surface area is 116 Å². The number of piperidine rings is 1. The van der Waals surface area contributed by atoms with Gasteiger partial charge < -0.3 is 5.32 Å². The predicted octanol–water partition coefficient (Wildman–Crippen LogP) is 1.39. The summed E-state index contributed by atoms with van der Waals surface area (Å²) in [5.74, 6) is -0.716. The maximum atomic E-state index is 13.4. The average Bonchev–Trinajstić information content (AvgIpc) is 2.60. The molecule has 0 aromatic heterocycles. The topological polar surface area (TPSA) is 61.4 Å². The monoisotopic (exact) mass is 277 g/mol. The second-order valence-electron chi connectivity index (χ2n) is 5.42. The number of urea groups is 1. The number of imide groups is 1. The van der Waals surface area contributed by atoms with Gasteiger partial charge in [-0.25, -0.2) is 9.18 Å². The molecule has 1 spiro atoms. The van der Waals surface area contributed by atoms with E-state index < -0.39 is 17.4 Å². The van der Waals surface area contributed by atoms with E-state index in [1.165, 1.54) is 17.0 Å². The summed E-state index contributed by atoms with van der Waals surface area (Å²) in [7, 11) is 0. The number of carbonyl (C=O) groups is 2. The summed E-state index contributed by atoms with van der Waals surface area (Å²) >= 11 is 0. The second-order valence-corrected chi connectivity index (χ2v) is 5.42. The Morgan fingerprint density at radius 3 is 2.90 bits per heavy atom. The zero-order valence-corrected chi connectivity index (χ0v) is 11.1. The molecule has 2 unspecified atom stereocenters. The fourth-order valence-corrected chi connectivity index (χ4v) is 3.16. The fourth-order valence-electron chi connectivity index (χ4n) is 3.16. The number of nitrogens with zero attached hydrogens (tertiary/aromatic N) is 1. The van der Waals surface area contributed by atoms with Crippen LogP contribution in [0, 0.1) is 5.82 Å². The van der Waals surface area contributed by atoms with Crippen molar-refractivity contribution in [3.8, 4) is 0 Å². The van der Waals surface area contributed by atoms with E-state index in [4.69, 9.17) is 0 Å². The Morgan fingerprint density at radius 2 is 2.20 bits per heavy atom. The Balaban J connectivity index is 2.06. The molecular weight excluding hydrogens is 261 g/mol. The van der Waals surface area contributed by atoms with Gasteiger partial charge in [-0.05, 0) is 44.5 Å². The van der Waals surface area contributed by atoms with Crippen molar-refractivity contribution in [2.75, 3.05) is 11.4 Å². The van der Waals surface area contributed by atoms with Crippen molar-refractivity contribution in [2.45, 2.75) is 31.3 Å². The van der Waals surface area contributed by atoms with Crippen LogP contribution in [0.25, 0.3) is 0 Å². The molecule has 106 valence electrons. The van der Waals surface area contributed by atoms with Gasteiger partial charge in [0.15, 0.2) is 0 Å².